The van der Waals surface area contributed by atoms with Crippen molar-refractivity contribution in [3.8, 4) is 5.75 Å². The van der Waals surface area contributed by atoms with Gasteiger partial charge in [0, 0.05) is 38.4 Å². The van der Waals surface area contributed by atoms with Gasteiger partial charge in [0.25, 0.3) is 0 Å². The summed E-state index contributed by atoms with van der Waals surface area (Å²) in [4.78, 5) is 4.57. The van der Waals surface area contributed by atoms with Crippen LogP contribution in [-0.2, 0) is 10.0 Å². The number of methoxy groups -OCH3 is 1. The third-order valence-corrected chi connectivity index (χ3v) is 7.09. The van der Waals surface area contributed by atoms with E-state index in [-0.39, 0.29) is 23.3 Å². The Morgan fingerprint density at radius 2 is 1.72 bits per heavy atom. The van der Waals surface area contributed by atoms with Crippen LogP contribution in [0.1, 0.15) is 11.8 Å². The van der Waals surface area contributed by atoms with Crippen LogP contribution in [0.15, 0.2) is 76.2 Å². The minimum absolute atomic E-state index is 0.178. The average molecular weight is 460 g/mol. The molecule has 170 valence electrons. The van der Waals surface area contributed by atoms with E-state index in [9.17, 15) is 12.8 Å². The van der Waals surface area contributed by atoms with Crippen LogP contribution >= 0.6 is 0 Å². The van der Waals surface area contributed by atoms with Gasteiger partial charge in [0.05, 0.1) is 24.3 Å². The Hall–Kier alpha value is -2.88. The van der Waals surface area contributed by atoms with Gasteiger partial charge in [0.1, 0.15) is 17.3 Å². The number of hydrogen-bond donors (Lipinski definition) is 1. The van der Waals surface area contributed by atoms with Gasteiger partial charge in [-0.2, -0.15) is 0 Å². The van der Waals surface area contributed by atoms with E-state index in [0.29, 0.717) is 24.6 Å². The van der Waals surface area contributed by atoms with Crippen molar-refractivity contribution in [2.75, 3.05) is 44.7 Å². The van der Waals surface area contributed by atoms with Gasteiger partial charge in [-0.1, -0.05) is 0 Å². The van der Waals surface area contributed by atoms with Crippen molar-refractivity contribution < 1.29 is 22.0 Å². The highest BCUT2D eigenvalue weighted by Crippen LogP contribution is 2.25. The first kappa shape index (κ1) is 22.3. The van der Waals surface area contributed by atoms with Crippen molar-refractivity contribution in [1.82, 2.24) is 9.62 Å². The van der Waals surface area contributed by atoms with Gasteiger partial charge in [0.2, 0.25) is 10.0 Å². The molecule has 1 saturated heterocycles. The monoisotopic (exact) mass is 459 g/mol. The fourth-order valence-corrected chi connectivity index (χ4v) is 4.90. The number of hydrogen-bond acceptors (Lipinski definition) is 6. The molecule has 2 heterocycles. The summed E-state index contributed by atoms with van der Waals surface area (Å²) >= 11 is 0. The Labute approximate surface area is 187 Å². The molecule has 0 radical (unpaired) electrons. The van der Waals surface area contributed by atoms with Gasteiger partial charge in [-0.15, -0.1) is 0 Å². The van der Waals surface area contributed by atoms with Gasteiger partial charge in [-0.05, 0) is 60.7 Å². The minimum Gasteiger partial charge on any atom is -0.497 e. The number of benzene rings is 2. The summed E-state index contributed by atoms with van der Waals surface area (Å²) in [7, 11) is -2.15. The zero-order valence-electron chi connectivity index (χ0n) is 17.8. The minimum atomic E-state index is -3.69. The molecule has 9 heteroatoms. The molecule has 2 aromatic carbocycles. The van der Waals surface area contributed by atoms with Crippen molar-refractivity contribution in [1.29, 1.82) is 0 Å². The molecular weight excluding hydrogens is 433 g/mol. The lowest BCUT2D eigenvalue weighted by molar-refractivity contribution is 0.166. The van der Waals surface area contributed by atoms with Crippen molar-refractivity contribution in [2.24, 2.45) is 0 Å². The fourth-order valence-electron chi connectivity index (χ4n) is 3.86. The lowest BCUT2D eigenvalue weighted by atomic mass is 10.1. The largest absolute Gasteiger partial charge is 0.497 e. The molecule has 0 aliphatic carbocycles. The number of rotatable bonds is 8. The summed E-state index contributed by atoms with van der Waals surface area (Å²) in [6.45, 7) is 3.10. The molecule has 0 bridgehead atoms. The van der Waals surface area contributed by atoms with E-state index in [4.69, 9.17) is 9.15 Å². The van der Waals surface area contributed by atoms with Crippen LogP contribution in [0.4, 0.5) is 10.1 Å². The molecule has 7 nitrogen and oxygen atoms in total. The second-order valence-electron chi connectivity index (χ2n) is 7.56. The molecule has 0 saturated carbocycles. The predicted molar refractivity (Wildman–Crippen MR) is 120 cm³/mol. The van der Waals surface area contributed by atoms with Crippen LogP contribution in [0.2, 0.25) is 0 Å². The lowest BCUT2D eigenvalue weighted by Gasteiger charge is -2.39. The van der Waals surface area contributed by atoms with Crippen molar-refractivity contribution in [3.63, 3.8) is 0 Å². The summed E-state index contributed by atoms with van der Waals surface area (Å²) in [6.07, 6.45) is 1.59. The van der Waals surface area contributed by atoms with E-state index in [1.165, 1.54) is 31.4 Å². The number of piperazine rings is 1. The van der Waals surface area contributed by atoms with E-state index in [0.717, 1.165) is 18.8 Å². The van der Waals surface area contributed by atoms with Crippen LogP contribution in [0.5, 0.6) is 5.75 Å². The Kier molecular flexibility index (Phi) is 6.78. The molecule has 1 aliphatic heterocycles. The van der Waals surface area contributed by atoms with Gasteiger partial charge in [0.15, 0.2) is 0 Å². The maximum absolute atomic E-state index is 13.2. The first-order chi connectivity index (χ1) is 15.5. The van der Waals surface area contributed by atoms with Crippen LogP contribution < -0.4 is 14.4 Å². The highest BCUT2D eigenvalue weighted by molar-refractivity contribution is 7.89. The van der Waals surface area contributed by atoms with E-state index in [1.54, 1.807) is 36.6 Å². The summed E-state index contributed by atoms with van der Waals surface area (Å²) < 4.78 is 52.3. The molecule has 0 unspecified atom stereocenters. The quantitative estimate of drug-likeness (QED) is 0.557. The number of halogens is 1. The smallest absolute Gasteiger partial charge is 0.240 e. The fraction of sp³-hybridized carbons (Fsp3) is 0.304. The average Bonchev–Trinajstić information content (AvgIpc) is 3.35. The number of furan rings is 1. The zero-order chi connectivity index (χ0) is 22.6. The number of sulfonamides is 1. The second kappa shape index (κ2) is 9.72. The highest BCUT2D eigenvalue weighted by Gasteiger charge is 2.28. The molecule has 32 heavy (non-hydrogen) atoms. The Bertz CT molecular complexity index is 1100. The summed E-state index contributed by atoms with van der Waals surface area (Å²) in [5, 5.41) is 0. The maximum atomic E-state index is 13.2. The molecule has 4 rings (SSSR count). The zero-order valence-corrected chi connectivity index (χ0v) is 18.6. The van der Waals surface area contributed by atoms with E-state index < -0.39 is 10.0 Å². The second-order valence-corrected chi connectivity index (χ2v) is 9.33. The van der Waals surface area contributed by atoms with E-state index in [2.05, 4.69) is 14.5 Å². The standard InChI is InChI=1S/C23H26FN3O4S/c1-30-20-8-10-21(11-9-20)32(28,29)25-17-22(23-3-2-16-31-23)27-14-12-26(13-15-27)19-6-4-18(24)5-7-19/h2-11,16,22,25H,12-15,17H2,1H3/t22-/m0/s1. The number of ether oxygens (including phenoxy) is 1. The van der Waals surface area contributed by atoms with Crippen LogP contribution in [0.3, 0.4) is 0 Å². The third kappa shape index (κ3) is 5.12. The first-order valence-electron chi connectivity index (χ1n) is 10.4. The van der Waals surface area contributed by atoms with Gasteiger partial charge in [-0.25, -0.2) is 17.5 Å². The van der Waals surface area contributed by atoms with Crippen LogP contribution in [0.25, 0.3) is 0 Å². The Morgan fingerprint density at radius 3 is 2.31 bits per heavy atom. The SMILES string of the molecule is COc1ccc(S(=O)(=O)NC[C@@H](c2ccco2)N2CCN(c3ccc(F)cc3)CC2)cc1. The van der Waals surface area contributed by atoms with E-state index >= 15 is 0 Å². The normalized spacial score (nSPS) is 16.1. The predicted octanol–water partition coefficient (Wildman–Crippen LogP) is 3.27. The Balaban J connectivity index is 1.43. The maximum Gasteiger partial charge on any atom is 0.240 e. The van der Waals surface area contributed by atoms with Crippen LogP contribution in [0, 0.1) is 5.82 Å². The van der Waals surface area contributed by atoms with Gasteiger partial charge in [-0.3, -0.25) is 4.90 Å². The molecule has 1 aromatic heterocycles. The summed E-state index contributed by atoms with van der Waals surface area (Å²) in [5.41, 5.74) is 0.973. The van der Waals surface area contributed by atoms with E-state index in [1.807, 2.05) is 6.07 Å². The summed E-state index contributed by atoms with van der Waals surface area (Å²) in [5.74, 6) is 1.04. The first-order valence-corrected chi connectivity index (χ1v) is 11.9. The Morgan fingerprint density at radius 1 is 1.03 bits per heavy atom. The summed E-state index contributed by atoms with van der Waals surface area (Å²) in [6, 6.07) is 16.2. The van der Waals surface area contributed by atoms with Gasteiger partial charge >= 0.3 is 0 Å². The number of nitrogens with zero attached hydrogens (tertiary/aromatic N) is 2. The highest BCUT2D eigenvalue weighted by atomic mass is 32.2. The van der Waals surface area contributed by atoms with Crippen molar-refractivity contribution in [3.05, 3.63) is 78.5 Å². The number of nitrogens with one attached hydrogen (secondary N) is 1. The molecular formula is C23H26FN3O4S. The van der Waals surface area contributed by atoms with Crippen molar-refractivity contribution >= 4 is 15.7 Å². The van der Waals surface area contributed by atoms with Crippen molar-refractivity contribution in [2.45, 2.75) is 10.9 Å². The third-order valence-electron chi connectivity index (χ3n) is 5.65. The lowest BCUT2D eigenvalue weighted by Crippen LogP contribution is -2.49. The number of anilines is 1. The van der Waals surface area contributed by atoms with Gasteiger partial charge < -0.3 is 14.1 Å². The molecule has 3 aromatic rings. The molecule has 0 spiro atoms. The molecule has 1 fully saturated rings. The molecule has 1 N–H and O–H groups in total. The molecule has 1 atom stereocenters. The van der Waals surface area contributed by atoms with Crippen LogP contribution in [-0.4, -0.2) is 53.2 Å². The topological polar surface area (TPSA) is 75.0 Å². The molecule has 1 aliphatic rings. The molecule has 0 amide bonds.